The van der Waals surface area contributed by atoms with Crippen molar-refractivity contribution in [3.05, 3.63) is 27.5 Å². The third-order valence-electron chi connectivity index (χ3n) is 2.05. The van der Waals surface area contributed by atoms with E-state index in [1.54, 1.807) is 6.92 Å². The molecule has 2 nitrogen and oxygen atoms in total. The normalized spacial score (nSPS) is 10.3. The van der Waals surface area contributed by atoms with Crippen molar-refractivity contribution >= 4 is 21.7 Å². The highest BCUT2D eigenvalue weighted by atomic mass is 79.9. The molecule has 0 unspecified atom stereocenters. The topological polar surface area (TPSA) is 37.3 Å². The van der Waals surface area contributed by atoms with Crippen LogP contribution in [-0.4, -0.2) is 10.9 Å². The molecule has 0 spiro atoms. The van der Waals surface area contributed by atoms with Gasteiger partial charge in [0.2, 0.25) is 0 Å². The highest BCUT2D eigenvalue weighted by molar-refractivity contribution is 9.10. The molecule has 0 fully saturated rings. The third kappa shape index (κ3) is 1.80. The zero-order chi connectivity index (χ0) is 10.9. The molecule has 0 amide bonds. The van der Waals surface area contributed by atoms with Gasteiger partial charge in [-0.3, -0.25) is 4.79 Å². The van der Waals surface area contributed by atoms with E-state index in [2.05, 4.69) is 15.9 Å². The molecule has 0 aliphatic heterocycles. The summed E-state index contributed by atoms with van der Waals surface area (Å²) in [4.78, 5) is 11.4. The maximum absolute atomic E-state index is 13.2. The van der Waals surface area contributed by atoms with Crippen LogP contribution in [0.1, 0.15) is 29.3 Å². The average Bonchev–Trinajstić information content (AvgIpc) is 2.15. The van der Waals surface area contributed by atoms with Gasteiger partial charge in [0, 0.05) is 6.42 Å². The van der Waals surface area contributed by atoms with Crippen molar-refractivity contribution in [2.45, 2.75) is 20.3 Å². The van der Waals surface area contributed by atoms with Crippen LogP contribution in [0, 0.1) is 12.7 Å². The molecule has 0 aliphatic rings. The fourth-order valence-electron chi connectivity index (χ4n) is 1.22. The molecule has 0 saturated heterocycles. The van der Waals surface area contributed by atoms with Gasteiger partial charge in [-0.15, -0.1) is 0 Å². The van der Waals surface area contributed by atoms with Gasteiger partial charge in [-0.05, 0) is 34.5 Å². The lowest BCUT2D eigenvalue weighted by molar-refractivity contribution is 0.0984. The fourth-order valence-corrected chi connectivity index (χ4v) is 1.62. The summed E-state index contributed by atoms with van der Waals surface area (Å²) in [5.41, 5.74) is 0.261. The molecule has 0 heterocycles. The molecule has 4 heteroatoms. The molecule has 0 atom stereocenters. The van der Waals surface area contributed by atoms with Crippen LogP contribution in [0.4, 0.5) is 4.39 Å². The first kappa shape index (κ1) is 11.2. The summed E-state index contributed by atoms with van der Waals surface area (Å²) in [5.74, 6) is -0.942. The summed E-state index contributed by atoms with van der Waals surface area (Å²) in [6.45, 7) is 3.14. The number of carbonyl (C=O) groups is 1. The molecule has 1 N–H and O–H groups in total. The number of ketones is 1. The average molecular weight is 261 g/mol. The summed E-state index contributed by atoms with van der Waals surface area (Å²) in [7, 11) is 0. The number of Topliss-reactive ketones (excluding diaryl/α,β-unsaturated/α-hetero) is 1. The van der Waals surface area contributed by atoms with Gasteiger partial charge >= 0.3 is 0 Å². The highest BCUT2D eigenvalue weighted by Gasteiger charge is 2.18. The minimum Gasteiger partial charge on any atom is -0.506 e. The van der Waals surface area contributed by atoms with Gasteiger partial charge in [-0.1, -0.05) is 6.92 Å². The van der Waals surface area contributed by atoms with Crippen LogP contribution in [0.2, 0.25) is 0 Å². The van der Waals surface area contributed by atoms with Crippen molar-refractivity contribution in [2.24, 2.45) is 0 Å². The maximum atomic E-state index is 13.2. The molecule has 14 heavy (non-hydrogen) atoms. The van der Waals surface area contributed by atoms with E-state index in [-0.39, 0.29) is 33.6 Å². The Morgan fingerprint density at radius 3 is 2.71 bits per heavy atom. The van der Waals surface area contributed by atoms with E-state index < -0.39 is 5.82 Å². The van der Waals surface area contributed by atoms with Gasteiger partial charge in [0.15, 0.2) is 5.78 Å². The molecule has 0 bridgehead atoms. The summed E-state index contributed by atoms with van der Waals surface area (Å²) in [6.07, 6.45) is 0.240. The van der Waals surface area contributed by atoms with Crippen LogP contribution in [0.15, 0.2) is 10.5 Å². The molecule has 0 aliphatic carbocycles. The Morgan fingerprint density at radius 1 is 1.64 bits per heavy atom. The third-order valence-corrected chi connectivity index (χ3v) is 2.65. The van der Waals surface area contributed by atoms with E-state index in [4.69, 9.17) is 0 Å². The van der Waals surface area contributed by atoms with E-state index in [0.29, 0.717) is 0 Å². The number of aromatic hydroxyl groups is 1. The lowest BCUT2D eigenvalue weighted by Crippen LogP contribution is -2.03. The molecule has 1 aromatic rings. The molecule has 0 aromatic heterocycles. The molecular weight excluding hydrogens is 251 g/mol. The minimum absolute atomic E-state index is 0.0689. The lowest BCUT2D eigenvalue weighted by Gasteiger charge is -2.08. The highest BCUT2D eigenvalue weighted by Crippen LogP contribution is 2.32. The summed E-state index contributed by atoms with van der Waals surface area (Å²) in [6, 6.07) is 1.15. The van der Waals surface area contributed by atoms with Gasteiger partial charge in [0.1, 0.15) is 11.6 Å². The van der Waals surface area contributed by atoms with Crippen molar-refractivity contribution < 1.29 is 14.3 Å². The van der Waals surface area contributed by atoms with Gasteiger partial charge in [0.05, 0.1) is 10.0 Å². The smallest absolute Gasteiger partial charge is 0.166 e. The second-order valence-corrected chi connectivity index (χ2v) is 3.82. The van der Waals surface area contributed by atoms with Crippen molar-refractivity contribution in [1.82, 2.24) is 0 Å². The van der Waals surface area contributed by atoms with E-state index in [1.165, 1.54) is 6.92 Å². The molecule has 0 saturated carbocycles. The molecule has 1 rings (SSSR count). The molecule has 1 aromatic carbocycles. The standard InChI is InChI=1S/C10H10BrFO2/c1-3-8(13)9-5(2)7(12)4-6(11)10(9)14/h4,14H,3H2,1-2H3. The van der Waals surface area contributed by atoms with Crippen molar-refractivity contribution in [3.63, 3.8) is 0 Å². The summed E-state index contributed by atoms with van der Waals surface area (Å²) in [5, 5.41) is 9.57. The van der Waals surface area contributed by atoms with Crippen LogP contribution in [0.25, 0.3) is 0 Å². The SMILES string of the molecule is CCC(=O)c1c(C)c(F)cc(Br)c1O. The molecular formula is C10H10BrFO2. The second kappa shape index (κ2) is 4.09. The number of phenols is 1. The van der Waals surface area contributed by atoms with E-state index in [9.17, 15) is 14.3 Å². The number of rotatable bonds is 2. The van der Waals surface area contributed by atoms with Crippen molar-refractivity contribution in [3.8, 4) is 5.75 Å². The van der Waals surface area contributed by atoms with Gasteiger partial charge < -0.3 is 5.11 Å². The van der Waals surface area contributed by atoms with Crippen LogP contribution in [0.5, 0.6) is 5.75 Å². The summed E-state index contributed by atoms with van der Waals surface area (Å²) >= 11 is 2.99. The van der Waals surface area contributed by atoms with Crippen LogP contribution in [0.3, 0.4) is 0 Å². The number of phenolic OH excluding ortho intramolecular Hbond substituents is 1. The fraction of sp³-hybridized carbons (Fsp3) is 0.300. The van der Waals surface area contributed by atoms with Gasteiger partial charge in [-0.2, -0.15) is 0 Å². The van der Waals surface area contributed by atoms with Crippen molar-refractivity contribution in [1.29, 1.82) is 0 Å². The maximum Gasteiger partial charge on any atom is 0.166 e. The summed E-state index contributed by atoms with van der Waals surface area (Å²) < 4.78 is 13.4. The molecule has 0 radical (unpaired) electrons. The number of hydrogen-bond donors (Lipinski definition) is 1. The van der Waals surface area contributed by atoms with Crippen LogP contribution >= 0.6 is 15.9 Å². The van der Waals surface area contributed by atoms with E-state index >= 15 is 0 Å². The zero-order valence-electron chi connectivity index (χ0n) is 7.90. The Kier molecular flexibility index (Phi) is 3.26. The predicted octanol–water partition coefficient (Wildman–Crippen LogP) is 3.19. The zero-order valence-corrected chi connectivity index (χ0v) is 9.48. The number of benzene rings is 1. The Bertz CT molecular complexity index is 362. The van der Waals surface area contributed by atoms with Crippen molar-refractivity contribution in [2.75, 3.05) is 0 Å². The lowest BCUT2D eigenvalue weighted by atomic mass is 10.0. The van der Waals surface area contributed by atoms with Crippen LogP contribution in [-0.2, 0) is 0 Å². The minimum atomic E-state index is -0.494. The first-order valence-corrected chi connectivity index (χ1v) is 4.99. The van der Waals surface area contributed by atoms with E-state index in [0.717, 1.165) is 6.07 Å². The van der Waals surface area contributed by atoms with Gasteiger partial charge in [-0.25, -0.2) is 4.39 Å². The van der Waals surface area contributed by atoms with Gasteiger partial charge in [0.25, 0.3) is 0 Å². The number of hydrogen-bond acceptors (Lipinski definition) is 2. The quantitative estimate of drug-likeness (QED) is 0.830. The molecule has 76 valence electrons. The van der Waals surface area contributed by atoms with Crippen LogP contribution < -0.4 is 0 Å². The predicted molar refractivity (Wildman–Crippen MR) is 55.1 cm³/mol. The van der Waals surface area contributed by atoms with E-state index in [1.807, 2.05) is 0 Å². The number of carbonyl (C=O) groups excluding carboxylic acids is 1. The Labute approximate surface area is 89.9 Å². The Balaban J connectivity index is 3.47. The first-order valence-electron chi connectivity index (χ1n) is 4.19. The monoisotopic (exact) mass is 260 g/mol. The Hall–Kier alpha value is -0.900. The number of halogens is 2. The largest absolute Gasteiger partial charge is 0.506 e. The first-order chi connectivity index (χ1) is 6.49. The Morgan fingerprint density at radius 2 is 2.21 bits per heavy atom. The second-order valence-electron chi connectivity index (χ2n) is 2.97.